The Balaban J connectivity index is 1.77. The summed E-state index contributed by atoms with van der Waals surface area (Å²) in [5, 5.41) is 7.57. The number of carbonyl (C=O) groups excluding carboxylic acids is 1. The molecule has 1 atom stereocenters. The Labute approximate surface area is 126 Å². The Morgan fingerprint density at radius 2 is 2.14 bits per heavy atom. The van der Waals surface area contributed by atoms with E-state index >= 15 is 0 Å². The lowest BCUT2D eigenvalue weighted by molar-refractivity contribution is -0.146. The predicted molar refractivity (Wildman–Crippen MR) is 81.6 cm³/mol. The molecule has 2 fully saturated rings. The zero-order valence-electron chi connectivity index (χ0n) is 13.1. The van der Waals surface area contributed by atoms with E-state index in [0.717, 1.165) is 38.0 Å². The molecule has 3 rings (SSSR count). The van der Waals surface area contributed by atoms with Crippen LogP contribution in [0.5, 0.6) is 0 Å². The summed E-state index contributed by atoms with van der Waals surface area (Å²) < 4.78 is 1.80. The Bertz CT molecular complexity index is 565. The van der Waals surface area contributed by atoms with Gasteiger partial charge in [0.25, 0.3) is 0 Å². The van der Waals surface area contributed by atoms with Crippen LogP contribution >= 0.6 is 0 Å². The average molecular weight is 288 g/mol. The van der Waals surface area contributed by atoms with Crippen molar-refractivity contribution >= 4 is 5.91 Å². The van der Waals surface area contributed by atoms with Crippen molar-refractivity contribution in [1.29, 1.82) is 0 Å². The van der Waals surface area contributed by atoms with Gasteiger partial charge in [-0.2, -0.15) is 5.10 Å². The summed E-state index contributed by atoms with van der Waals surface area (Å²) in [6, 6.07) is 0.136. The van der Waals surface area contributed by atoms with Crippen LogP contribution in [0.2, 0.25) is 0 Å². The highest BCUT2D eigenvalue weighted by atomic mass is 16.2. The second-order valence-corrected chi connectivity index (χ2v) is 6.86. The van der Waals surface area contributed by atoms with Crippen LogP contribution in [0, 0.1) is 5.41 Å². The minimum Gasteiger partial charge on any atom is -0.331 e. The molecule has 1 aromatic rings. The molecular weight excluding hydrogens is 264 g/mol. The fourth-order valence-electron chi connectivity index (χ4n) is 3.49. The first-order chi connectivity index (χ1) is 9.97. The van der Waals surface area contributed by atoms with E-state index in [2.05, 4.69) is 24.3 Å². The summed E-state index contributed by atoms with van der Waals surface area (Å²) in [4.78, 5) is 14.6. The molecule has 1 amide bonds. The van der Waals surface area contributed by atoms with Gasteiger partial charge in [-0.1, -0.05) is 19.4 Å². The molecule has 114 valence electrons. The van der Waals surface area contributed by atoms with Crippen LogP contribution in [0.15, 0.2) is 24.0 Å². The van der Waals surface area contributed by atoms with Crippen LogP contribution in [0.4, 0.5) is 0 Å². The van der Waals surface area contributed by atoms with Crippen molar-refractivity contribution < 1.29 is 4.79 Å². The summed E-state index contributed by atoms with van der Waals surface area (Å²) in [5.41, 5.74) is 2.52. The third-order valence-corrected chi connectivity index (χ3v) is 4.53. The lowest BCUT2D eigenvalue weighted by atomic mass is 9.72. The number of rotatable bonds is 2. The normalized spacial score (nSPS) is 24.6. The van der Waals surface area contributed by atoms with Gasteiger partial charge in [0.2, 0.25) is 5.91 Å². The van der Waals surface area contributed by atoms with E-state index in [9.17, 15) is 4.79 Å². The average Bonchev–Trinajstić information content (AvgIpc) is 2.83. The summed E-state index contributed by atoms with van der Waals surface area (Å²) in [6.45, 7) is 7.21. The lowest BCUT2D eigenvalue weighted by Crippen LogP contribution is -2.57. The highest BCUT2D eigenvalue weighted by molar-refractivity contribution is 5.89. The van der Waals surface area contributed by atoms with Gasteiger partial charge in [0, 0.05) is 36.8 Å². The number of carbonyl (C=O) groups is 1. The minimum atomic E-state index is 0.116. The Hall–Kier alpha value is -1.62. The standard InChI is InChI=1S/C16H24N4O/c1-16(2)11-20(15(16)13-9-18-19(3)10-13)14(21)8-12-4-6-17-7-5-12/h8-10,15,17H,4-7,11H2,1-3H3. The molecule has 0 aliphatic carbocycles. The van der Waals surface area contributed by atoms with Gasteiger partial charge in [-0.05, 0) is 25.9 Å². The molecule has 1 N–H and O–H groups in total. The fourth-order valence-corrected chi connectivity index (χ4v) is 3.49. The van der Waals surface area contributed by atoms with E-state index in [1.54, 1.807) is 4.68 Å². The summed E-state index contributed by atoms with van der Waals surface area (Å²) in [5.74, 6) is 0.153. The zero-order chi connectivity index (χ0) is 15.0. The van der Waals surface area contributed by atoms with Gasteiger partial charge in [-0.25, -0.2) is 0 Å². The van der Waals surface area contributed by atoms with Crippen LogP contribution < -0.4 is 5.32 Å². The molecule has 3 heterocycles. The van der Waals surface area contributed by atoms with E-state index in [-0.39, 0.29) is 17.4 Å². The number of aromatic nitrogens is 2. The molecule has 1 aromatic heterocycles. The third kappa shape index (κ3) is 2.75. The monoisotopic (exact) mass is 288 g/mol. The SMILES string of the molecule is Cn1cc(C2N(C(=O)C=C3CCNCC3)CC2(C)C)cn1. The van der Waals surface area contributed by atoms with Crippen molar-refractivity contribution in [1.82, 2.24) is 20.0 Å². The smallest absolute Gasteiger partial charge is 0.247 e. The summed E-state index contributed by atoms with van der Waals surface area (Å²) in [7, 11) is 1.92. The van der Waals surface area contributed by atoms with Gasteiger partial charge in [-0.3, -0.25) is 9.48 Å². The van der Waals surface area contributed by atoms with Crippen LogP contribution in [0.1, 0.15) is 38.3 Å². The van der Waals surface area contributed by atoms with Crippen molar-refractivity contribution in [2.24, 2.45) is 12.5 Å². The Morgan fingerprint density at radius 3 is 2.71 bits per heavy atom. The maximum Gasteiger partial charge on any atom is 0.247 e. The molecule has 0 aromatic carbocycles. The highest BCUT2D eigenvalue weighted by Crippen LogP contribution is 2.48. The summed E-state index contributed by atoms with van der Waals surface area (Å²) in [6.07, 6.45) is 7.73. The van der Waals surface area contributed by atoms with E-state index in [0.29, 0.717) is 0 Å². The predicted octanol–water partition coefficient (Wildman–Crippen LogP) is 1.64. The highest BCUT2D eigenvalue weighted by Gasteiger charge is 2.48. The Morgan fingerprint density at radius 1 is 1.43 bits per heavy atom. The van der Waals surface area contributed by atoms with Gasteiger partial charge in [0.15, 0.2) is 0 Å². The number of nitrogens with zero attached hydrogens (tertiary/aromatic N) is 3. The number of likely N-dealkylation sites (tertiary alicyclic amines) is 1. The number of piperidine rings is 1. The van der Waals surface area contributed by atoms with E-state index in [1.807, 2.05) is 30.4 Å². The molecule has 2 aliphatic heterocycles. The molecule has 21 heavy (non-hydrogen) atoms. The van der Waals surface area contributed by atoms with Crippen LogP contribution in [-0.2, 0) is 11.8 Å². The number of hydrogen-bond donors (Lipinski definition) is 1. The van der Waals surface area contributed by atoms with Crippen molar-refractivity contribution in [3.63, 3.8) is 0 Å². The topological polar surface area (TPSA) is 50.2 Å². The van der Waals surface area contributed by atoms with Crippen LogP contribution in [-0.4, -0.2) is 40.2 Å². The third-order valence-electron chi connectivity index (χ3n) is 4.53. The first-order valence-corrected chi connectivity index (χ1v) is 7.67. The molecule has 5 heteroatoms. The van der Waals surface area contributed by atoms with Gasteiger partial charge in [-0.15, -0.1) is 0 Å². The van der Waals surface area contributed by atoms with Gasteiger partial charge >= 0.3 is 0 Å². The molecule has 0 saturated carbocycles. The van der Waals surface area contributed by atoms with E-state index in [1.165, 1.54) is 5.57 Å². The van der Waals surface area contributed by atoms with Crippen molar-refractivity contribution in [2.45, 2.75) is 32.7 Å². The molecule has 2 saturated heterocycles. The van der Waals surface area contributed by atoms with Gasteiger partial charge in [0.05, 0.1) is 12.2 Å². The number of amides is 1. The number of hydrogen-bond acceptors (Lipinski definition) is 3. The minimum absolute atomic E-state index is 0.116. The fraction of sp³-hybridized carbons (Fsp3) is 0.625. The largest absolute Gasteiger partial charge is 0.331 e. The molecular formula is C16H24N4O. The van der Waals surface area contributed by atoms with Crippen LogP contribution in [0.25, 0.3) is 0 Å². The number of nitrogens with one attached hydrogen (secondary N) is 1. The first kappa shape index (κ1) is 14.3. The van der Waals surface area contributed by atoms with E-state index < -0.39 is 0 Å². The maximum absolute atomic E-state index is 12.6. The van der Waals surface area contributed by atoms with Gasteiger partial charge in [0.1, 0.15) is 0 Å². The molecule has 2 aliphatic rings. The first-order valence-electron chi connectivity index (χ1n) is 7.67. The quantitative estimate of drug-likeness (QED) is 0.842. The molecule has 0 bridgehead atoms. The second-order valence-electron chi connectivity index (χ2n) is 6.86. The molecule has 0 spiro atoms. The van der Waals surface area contributed by atoms with Crippen molar-refractivity contribution in [2.75, 3.05) is 19.6 Å². The molecule has 1 unspecified atom stereocenters. The summed E-state index contributed by atoms with van der Waals surface area (Å²) >= 11 is 0. The zero-order valence-corrected chi connectivity index (χ0v) is 13.1. The molecule has 0 radical (unpaired) electrons. The molecule has 5 nitrogen and oxygen atoms in total. The second kappa shape index (κ2) is 5.30. The van der Waals surface area contributed by atoms with E-state index in [4.69, 9.17) is 0 Å². The van der Waals surface area contributed by atoms with Gasteiger partial charge < -0.3 is 10.2 Å². The Kier molecular flexibility index (Phi) is 3.61. The van der Waals surface area contributed by atoms with Crippen LogP contribution in [0.3, 0.4) is 0 Å². The maximum atomic E-state index is 12.6. The number of aryl methyl sites for hydroxylation is 1. The van der Waals surface area contributed by atoms with Crippen molar-refractivity contribution in [3.05, 3.63) is 29.6 Å². The van der Waals surface area contributed by atoms with Crippen molar-refractivity contribution in [3.8, 4) is 0 Å². The lowest BCUT2D eigenvalue weighted by Gasteiger charge is -2.53.